The molecule has 35 heavy (non-hydrogen) atoms. The Kier molecular flexibility index (Phi) is 6.42. The fraction of sp³-hybridized carbons (Fsp3) is 0.0417. The van der Waals surface area contributed by atoms with Crippen LogP contribution >= 0.6 is 11.6 Å². The second-order valence-electron chi connectivity index (χ2n) is 7.47. The minimum absolute atomic E-state index is 0.0552. The van der Waals surface area contributed by atoms with Crippen molar-refractivity contribution in [2.24, 2.45) is 0 Å². The first-order valence-electron chi connectivity index (χ1n) is 10.0. The number of rotatable bonds is 5. The molecule has 4 rings (SSSR count). The van der Waals surface area contributed by atoms with Gasteiger partial charge in [0.25, 0.3) is 11.8 Å². The lowest BCUT2D eigenvalue weighted by Gasteiger charge is -2.26. The molecule has 0 aromatic heterocycles. The Labute approximate surface area is 204 Å². The van der Waals surface area contributed by atoms with Crippen LogP contribution in [0.1, 0.15) is 11.1 Å². The van der Waals surface area contributed by atoms with Crippen LogP contribution in [0, 0.1) is 12.7 Å². The highest BCUT2D eigenvalue weighted by Crippen LogP contribution is 2.30. The highest BCUT2D eigenvalue weighted by atomic mass is 35.5. The standard InChI is InChI=1S/C24H16ClFN2O6S/c1-14-2-9-18(10-3-14)35(32,33)34-21-11-4-15(13-20(21)25)12-19-22(29)27-24(31)28(23(19)30)17-7-5-16(26)6-8-17/h2-13H,1H3,(H,27,29,31)/b19-12+. The smallest absolute Gasteiger partial charge is 0.339 e. The van der Waals surface area contributed by atoms with Crippen molar-refractivity contribution in [3.63, 3.8) is 0 Å². The number of hydrogen-bond acceptors (Lipinski definition) is 6. The molecule has 0 aliphatic carbocycles. The van der Waals surface area contributed by atoms with Crippen molar-refractivity contribution < 1.29 is 31.4 Å². The third kappa shape index (κ3) is 5.08. The maximum Gasteiger partial charge on any atom is 0.339 e. The van der Waals surface area contributed by atoms with Crippen molar-refractivity contribution in [3.8, 4) is 5.75 Å². The van der Waals surface area contributed by atoms with Crippen LogP contribution < -0.4 is 14.4 Å². The number of amides is 4. The predicted octanol–water partition coefficient (Wildman–Crippen LogP) is 4.22. The number of carbonyl (C=O) groups is 3. The summed E-state index contributed by atoms with van der Waals surface area (Å²) in [5, 5.41) is 1.96. The molecule has 3 aromatic carbocycles. The zero-order valence-electron chi connectivity index (χ0n) is 18.0. The summed E-state index contributed by atoms with van der Waals surface area (Å²) in [5.74, 6) is -2.58. The molecule has 11 heteroatoms. The normalized spacial score (nSPS) is 15.3. The number of barbiturate groups is 1. The summed E-state index contributed by atoms with van der Waals surface area (Å²) in [4.78, 5) is 38.1. The van der Waals surface area contributed by atoms with E-state index >= 15 is 0 Å². The summed E-state index contributed by atoms with van der Waals surface area (Å²) < 4.78 is 43.4. The number of carbonyl (C=O) groups excluding carboxylic acids is 3. The van der Waals surface area contributed by atoms with Crippen molar-refractivity contribution >= 4 is 51.3 Å². The monoisotopic (exact) mass is 514 g/mol. The summed E-state index contributed by atoms with van der Waals surface area (Å²) in [7, 11) is -4.15. The topological polar surface area (TPSA) is 110 Å². The molecule has 1 heterocycles. The number of urea groups is 1. The zero-order valence-corrected chi connectivity index (χ0v) is 19.6. The molecule has 0 saturated carbocycles. The van der Waals surface area contributed by atoms with Crippen molar-refractivity contribution in [1.29, 1.82) is 0 Å². The van der Waals surface area contributed by atoms with Gasteiger partial charge in [0.05, 0.1) is 10.7 Å². The van der Waals surface area contributed by atoms with Gasteiger partial charge in [-0.05, 0) is 67.1 Å². The molecule has 3 aromatic rings. The number of aryl methyl sites for hydroxylation is 1. The van der Waals surface area contributed by atoms with E-state index in [0.717, 1.165) is 17.7 Å². The summed E-state index contributed by atoms with van der Waals surface area (Å²) in [6.07, 6.45) is 1.19. The van der Waals surface area contributed by atoms with Gasteiger partial charge in [0.15, 0.2) is 5.75 Å². The Morgan fingerprint density at radius 2 is 1.63 bits per heavy atom. The second kappa shape index (κ2) is 9.32. The Bertz CT molecular complexity index is 1490. The molecule has 0 spiro atoms. The van der Waals surface area contributed by atoms with Gasteiger partial charge in [-0.15, -0.1) is 0 Å². The zero-order chi connectivity index (χ0) is 25.3. The number of nitrogens with one attached hydrogen (secondary N) is 1. The first-order chi connectivity index (χ1) is 16.5. The Balaban J connectivity index is 1.61. The van der Waals surface area contributed by atoms with E-state index in [1.54, 1.807) is 12.1 Å². The molecule has 1 saturated heterocycles. The first-order valence-corrected chi connectivity index (χ1v) is 11.8. The molecule has 1 fully saturated rings. The molecule has 4 amide bonds. The molecule has 1 N–H and O–H groups in total. The van der Waals surface area contributed by atoms with Crippen LogP contribution in [0.25, 0.3) is 6.08 Å². The van der Waals surface area contributed by atoms with Crippen molar-refractivity contribution in [1.82, 2.24) is 5.32 Å². The van der Waals surface area contributed by atoms with E-state index in [4.69, 9.17) is 15.8 Å². The average Bonchev–Trinajstić information content (AvgIpc) is 2.80. The van der Waals surface area contributed by atoms with Crippen LogP contribution in [-0.2, 0) is 19.7 Å². The SMILES string of the molecule is Cc1ccc(S(=O)(=O)Oc2ccc(/C=C3\C(=O)NC(=O)N(c4ccc(F)cc4)C3=O)cc2Cl)cc1. The number of benzene rings is 3. The molecule has 1 aliphatic heterocycles. The minimum atomic E-state index is -4.15. The van der Waals surface area contributed by atoms with Crippen molar-refractivity contribution in [2.75, 3.05) is 4.90 Å². The highest BCUT2D eigenvalue weighted by Gasteiger charge is 2.36. The van der Waals surface area contributed by atoms with Crippen LogP contribution in [0.3, 0.4) is 0 Å². The summed E-state index contributed by atoms with van der Waals surface area (Å²) in [6, 6.07) is 13.6. The van der Waals surface area contributed by atoms with Gasteiger partial charge in [-0.1, -0.05) is 35.4 Å². The fourth-order valence-corrected chi connectivity index (χ4v) is 4.42. The van der Waals surface area contributed by atoms with E-state index in [9.17, 15) is 27.2 Å². The Morgan fingerprint density at radius 1 is 0.971 bits per heavy atom. The maximum absolute atomic E-state index is 13.2. The molecule has 0 radical (unpaired) electrons. The van der Waals surface area contributed by atoms with Gasteiger partial charge >= 0.3 is 16.1 Å². The van der Waals surface area contributed by atoms with Crippen molar-refractivity contribution in [3.05, 3.63) is 94.3 Å². The highest BCUT2D eigenvalue weighted by molar-refractivity contribution is 7.87. The van der Waals surface area contributed by atoms with E-state index < -0.39 is 33.8 Å². The van der Waals surface area contributed by atoms with E-state index in [1.165, 1.54) is 48.5 Å². The van der Waals surface area contributed by atoms with E-state index in [0.29, 0.717) is 4.90 Å². The van der Waals surface area contributed by atoms with E-state index in [2.05, 4.69) is 5.32 Å². The molecular weight excluding hydrogens is 499 g/mol. The Hall–Kier alpha value is -4.02. The maximum atomic E-state index is 13.2. The summed E-state index contributed by atoms with van der Waals surface area (Å²) in [6.45, 7) is 1.81. The quantitative estimate of drug-likeness (QED) is 0.310. The third-order valence-electron chi connectivity index (χ3n) is 4.96. The third-order valence-corrected chi connectivity index (χ3v) is 6.51. The molecule has 1 aliphatic rings. The number of anilines is 1. The van der Waals surface area contributed by atoms with Gasteiger partial charge in [-0.25, -0.2) is 14.1 Å². The van der Waals surface area contributed by atoms with E-state index in [-0.39, 0.29) is 32.5 Å². The van der Waals surface area contributed by atoms with Crippen LogP contribution in [-0.4, -0.2) is 26.3 Å². The molecule has 8 nitrogen and oxygen atoms in total. The summed E-state index contributed by atoms with van der Waals surface area (Å²) in [5.41, 5.74) is 0.823. The van der Waals surface area contributed by atoms with Crippen LogP contribution in [0.4, 0.5) is 14.9 Å². The van der Waals surface area contributed by atoms with Gasteiger partial charge in [0.1, 0.15) is 16.3 Å². The van der Waals surface area contributed by atoms with Crippen LogP contribution in [0.5, 0.6) is 5.75 Å². The molecule has 0 atom stereocenters. The second-order valence-corrected chi connectivity index (χ2v) is 9.43. The van der Waals surface area contributed by atoms with Gasteiger partial charge < -0.3 is 4.18 Å². The number of imide groups is 2. The molecule has 0 unspecified atom stereocenters. The fourth-order valence-electron chi connectivity index (χ4n) is 3.19. The largest absolute Gasteiger partial charge is 0.377 e. The molecular formula is C24H16ClFN2O6S. The Morgan fingerprint density at radius 3 is 2.26 bits per heavy atom. The van der Waals surface area contributed by atoms with E-state index in [1.807, 2.05) is 6.92 Å². The van der Waals surface area contributed by atoms with Crippen molar-refractivity contribution in [2.45, 2.75) is 11.8 Å². The molecule has 178 valence electrons. The lowest BCUT2D eigenvalue weighted by atomic mass is 10.1. The summed E-state index contributed by atoms with van der Waals surface area (Å²) >= 11 is 6.20. The average molecular weight is 515 g/mol. The number of hydrogen-bond donors (Lipinski definition) is 1. The van der Waals surface area contributed by atoms with Crippen LogP contribution in [0.2, 0.25) is 5.02 Å². The van der Waals surface area contributed by atoms with Gasteiger partial charge in [0, 0.05) is 0 Å². The van der Waals surface area contributed by atoms with Gasteiger partial charge in [0.2, 0.25) is 0 Å². The predicted molar refractivity (Wildman–Crippen MR) is 126 cm³/mol. The number of nitrogens with zero attached hydrogens (tertiary/aromatic N) is 1. The lowest BCUT2D eigenvalue weighted by molar-refractivity contribution is -0.122. The lowest BCUT2D eigenvalue weighted by Crippen LogP contribution is -2.54. The van der Waals surface area contributed by atoms with Crippen LogP contribution in [0.15, 0.2) is 77.2 Å². The minimum Gasteiger partial charge on any atom is -0.377 e. The first kappa shape index (κ1) is 24.1. The van der Waals surface area contributed by atoms with Gasteiger partial charge in [-0.3, -0.25) is 14.9 Å². The van der Waals surface area contributed by atoms with Gasteiger partial charge in [-0.2, -0.15) is 8.42 Å². The molecule has 0 bridgehead atoms. The number of halogens is 2.